The predicted molar refractivity (Wildman–Crippen MR) is 102 cm³/mol. The molecule has 0 aromatic heterocycles. The molecule has 8 heteroatoms. The minimum atomic E-state index is -0.704. The van der Waals surface area contributed by atoms with Gasteiger partial charge in [-0.1, -0.05) is 25.3 Å². The summed E-state index contributed by atoms with van der Waals surface area (Å²) in [5.74, 6) is 1.32. The van der Waals surface area contributed by atoms with Crippen LogP contribution in [0.15, 0.2) is 18.2 Å². The first kappa shape index (κ1) is 18.3. The van der Waals surface area contributed by atoms with Crippen LogP contribution in [0.2, 0.25) is 0 Å². The number of carbonyl (C=O) groups is 3. The van der Waals surface area contributed by atoms with E-state index in [9.17, 15) is 14.4 Å². The van der Waals surface area contributed by atoms with Crippen LogP contribution in [-0.4, -0.2) is 53.1 Å². The number of nitrogens with zero attached hydrogens (tertiary/aromatic N) is 2. The standard InChI is InChI=1S/C21H25N3O5/c25-18-9-15(11-23(18)10-14-4-5-16-17(8-14)29-13-28-16)12-24-19(26)21(22-20(24)27)6-2-1-3-7-21/h4-5,8,15H,1-3,6-7,9-13H2,(H,22,27). The molecule has 4 amide bonds. The smallest absolute Gasteiger partial charge is 0.325 e. The number of hydrogen-bond acceptors (Lipinski definition) is 5. The van der Waals surface area contributed by atoms with Crippen LogP contribution in [0.3, 0.4) is 0 Å². The van der Waals surface area contributed by atoms with Gasteiger partial charge in [0.05, 0.1) is 0 Å². The Morgan fingerprint density at radius 3 is 2.69 bits per heavy atom. The van der Waals surface area contributed by atoms with E-state index in [0.717, 1.165) is 30.6 Å². The Morgan fingerprint density at radius 1 is 1.07 bits per heavy atom. The number of urea groups is 1. The largest absolute Gasteiger partial charge is 0.454 e. The zero-order chi connectivity index (χ0) is 20.0. The molecule has 1 aliphatic carbocycles. The summed E-state index contributed by atoms with van der Waals surface area (Å²) in [7, 11) is 0. The van der Waals surface area contributed by atoms with Crippen LogP contribution in [0.1, 0.15) is 44.1 Å². The monoisotopic (exact) mass is 399 g/mol. The number of amides is 4. The highest BCUT2D eigenvalue weighted by molar-refractivity contribution is 6.07. The van der Waals surface area contributed by atoms with Gasteiger partial charge in [-0.3, -0.25) is 14.5 Å². The molecule has 3 fully saturated rings. The van der Waals surface area contributed by atoms with Crippen LogP contribution in [0.4, 0.5) is 4.79 Å². The van der Waals surface area contributed by atoms with Gasteiger partial charge < -0.3 is 19.7 Å². The van der Waals surface area contributed by atoms with Crippen LogP contribution in [0.25, 0.3) is 0 Å². The molecule has 2 saturated heterocycles. The number of fused-ring (bicyclic) bond motifs is 1. The highest BCUT2D eigenvalue weighted by Gasteiger charge is 2.52. The van der Waals surface area contributed by atoms with Crippen LogP contribution < -0.4 is 14.8 Å². The molecule has 4 aliphatic rings. The van der Waals surface area contributed by atoms with Gasteiger partial charge in [0.25, 0.3) is 5.91 Å². The Hall–Kier alpha value is -2.77. The summed E-state index contributed by atoms with van der Waals surface area (Å²) in [6.07, 6.45) is 4.82. The van der Waals surface area contributed by atoms with Crippen molar-refractivity contribution in [1.29, 1.82) is 0 Å². The fourth-order valence-corrected chi connectivity index (χ4v) is 4.98. The van der Waals surface area contributed by atoms with Crippen LogP contribution in [0, 0.1) is 5.92 Å². The summed E-state index contributed by atoms with van der Waals surface area (Å²) in [4.78, 5) is 41.1. The summed E-state index contributed by atoms with van der Waals surface area (Å²) in [5, 5.41) is 2.94. The van der Waals surface area contributed by atoms with Crippen molar-refractivity contribution in [3.63, 3.8) is 0 Å². The quantitative estimate of drug-likeness (QED) is 0.783. The first-order valence-electron chi connectivity index (χ1n) is 10.3. The zero-order valence-electron chi connectivity index (χ0n) is 16.3. The maximum atomic E-state index is 13.0. The maximum Gasteiger partial charge on any atom is 0.325 e. The molecule has 154 valence electrons. The van der Waals surface area contributed by atoms with Gasteiger partial charge in [0, 0.05) is 32.0 Å². The molecule has 1 unspecified atom stereocenters. The molecule has 1 N–H and O–H groups in total. The van der Waals surface area contributed by atoms with Crippen molar-refractivity contribution in [3.8, 4) is 11.5 Å². The fourth-order valence-electron chi connectivity index (χ4n) is 4.98. The first-order valence-corrected chi connectivity index (χ1v) is 10.3. The predicted octanol–water partition coefficient (Wildman–Crippen LogP) is 2.02. The van der Waals surface area contributed by atoms with E-state index in [-0.39, 0.29) is 30.6 Å². The molecule has 3 heterocycles. The third-order valence-electron chi connectivity index (χ3n) is 6.50. The van der Waals surface area contributed by atoms with E-state index in [4.69, 9.17) is 9.47 Å². The molecule has 1 aromatic rings. The van der Waals surface area contributed by atoms with Gasteiger partial charge in [0.1, 0.15) is 5.54 Å². The lowest BCUT2D eigenvalue weighted by Crippen LogP contribution is -2.48. The molecule has 1 atom stereocenters. The molecule has 3 aliphatic heterocycles. The second kappa shape index (κ2) is 6.93. The van der Waals surface area contributed by atoms with Crippen molar-refractivity contribution in [2.75, 3.05) is 19.9 Å². The van der Waals surface area contributed by atoms with Gasteiger partial charge in [-0.25, -0.2) is 4.79 Å². The van der Waals surface area contributed by atoms with Crippen molar-refractivity contribution in [3.05, 3.63) is 23.8 Å². The van der Waals surface area contributed by atoms with E-state index in [1.165, 1.54) is 4.90 Å². The van der Waals surface area contributed by atoms with Crippen molar-refractivity contribution >= 4 is 17.8 Å². The molecule has 0 radical (unpaired) electrons. The number of hydrogen-bond donors (Lipinski definition) is 1. The Morgan fingerprint density at radius 2 is 1.86 bits per heavy atom. The number of carbonyl (C=O) groups excluding carboxylic acids is 3. The van der Waals surface area contributed by atoms with Gasteiger partial charge in [-0.15, -0.1) is 0 Å². The Labute approximate surface area is 169 Å². The van der Waals surface area contributed by atoms with Crippen molar-refractivity contribution in [2.45, 2.75) is 50.6 Å². The van der Waals surface area contributed by atoms with E-state index >= 15 is 0 Å². The second-order valence-corrected chi connectivity index (χ2v) is 8.52. The van der Waals surface area contributed by atoms with Crippen LogP contribution in [-0.2, 0) is 16.1 Å². The molecule has 1 spiro atoms. The third-order valence-corrected chi connectivity index (χ3v) is 6.50. The highest BCUT2D eigenvalue weighted by atomic mass is 16.7. The number of ether oxygens (including phenoxy) is 2. The fraction of sp³-hybridized carbons (Fsp3) is 0.571. The number of likely N-dealkylation sites (tertiary alicyclic amines) is 1. The topological polar surface area (TPSA) is 88.2 Å². The van der Waals surface area contributed by atoms with E-state index in [0.29, 0.717) is 44.6 Å². The average molecular weight is 399 g/mol. The maximum absolute atomic E-state index is 13.0. The minimum Gasteiger partial charge on any atom is -0.454 e. The summed E-state index contributed by atoms with van der Waals surface area (Å²) in [5.41, 5.74) is 0.267. The van der Waals surface area contributed by atoms with Gasteiger partial charge in [0.2, 0.25) is 12.7 Å². The van der Waals surface area contributed by atoms with Crippen LogP contribution >= 0.6 is 0 Å². The lowest BCUT2D eigenvalue weighted by molar-refractivity contribution is -0.133. The van der Waals surface area contributed by atoms with E-state index in [2.05, 4.69) is 5.32 Å². The number of benzene rings is 1. The summed E-state index contributed by atoms with van der Waals surface area (Å²) in [6.45, 7) is 1.54. The Balaban J connectivity index is 1.23. The Bertz CT molecular complexity index is 864. The van der Waals surface area contributed by atoms with Gasteiger partial charge in [-0.2, -0.15) is 0 Å². The Kier molecular flexibility index (Phi) is 4.37. The molecule has 0 bridgehead atoms. The van der Waals surface area contributed by atoms with Crippen molar-refractivity contribution in [1.82, 2.24) is 15.1 Å². The molecule has 1 saturated carbocycles. The number of imide groups is 1. The molecule has 8 nitrogen and oxygen atoms in total. The second-order valence-electron chi connectivity index (χ2n) is 8.52. The molecule has 1 aromatic carbocycles. The molecular formula is C21H25N3O5. The summed E-state index contributed by atoms with van der Waals surface area (Å²) < 4.78 is 10.7. The van der Waals surface area contributed by atoms with Crippen molar-refractivity contribution in [2.24, 2.45) is 5.92 Å². The number of nitrogens with one attached hydrogen (secondary N) is 1. The lowest BCUT2D eigenvalue weighted by Gasteiger charge is -2.30. The third kappa shape index (κ3) is 3.20. The van der Waals surface area contributed by atoms with Gasteiger partial charge >= 0.3 is 6.03 Å². The highest BCUT2D eigenvalue weighted by Crippen LogP contribution is 2.35. The molecule has 29 heavy (non-hydrogen) atoms. The SMILES string of the molecule is O=C1CC(CN2C(=O)NC3(CCCCC3)C2=O)CN1Cc1ccc2c(c1)OCO2. The van der Waals surface area contributed by atoms with Gasteiger partial charge in [0.15, 0.2) is 11.5 Å². The van der Waals surface area contributed by atoms with E-state index in [1.807, 2.05) is 18.2 Å². The zero-order valence-corrected chi connectivity index (χ0v) is 16.3. The number of rotatable bonds is 4. The minimum absolute atomic E-state index is 0.0371. The summed E-state index contributed by atoms with van der Waals surface area (Å²) >= 11 is 0. The van der Waals surface area contributed by atoms with E-state index in [1.54, 1.807) is 4.90 Å². The normalized spacial score (nSPS) is 25.2. The molecular weight excluding hydrogens is 374 g/mol. The summed E-state index contributed by atoms with van der Waals surface area (Å²) in [6, 6.07) is 5.37. The van der Waals surface area contributed by atoms with Gasteiger partial charge in [-0.05, 0) is 30.5 Å². The first-order chi connectivity index (χ1) is 14.0. The van der Waals surface area contributed by atoms with Crippen LogP contribution in [0.5, 0.6) is 11.5 Å². The molecule has 5 rings (SSSR count). The van der Waals surface area contributed by atoms with Crippen molar-refractivity contribution < 1.29 is 23.9 Å². The lowest BCUT2D eigenvalue weighted by atomic mass is 9.81. The average Bonchev–Trinajstić information content (AvgIpc) is 3.37. The van der Waals surface area contributed by atoms with E-state index < -0.39 is 5.54 Å².